The molecule has 1 aromatic carbocycles. The van der Waals surface area contributed by atoms with Crippen LogP contribution >= 0.6 is 0 Å². The highest BCUT2D eigenvalue weighted by molar-refractivity contribution is 5.80. The number of nitrogens with two attached hydrogens (primary N) is 1. The van der Waals surface area contributed by atoms with Gasteiger partial charge in [0.15, 0.2) is 5.82 Å². The summed E-state index contributed by atoms with van der Waals surface area (Å²) in [7, 11) is 0. The number of aromatic amines is 1. The Morgan fingerprint density at radius 3 is 2.94 bits per heavy atom. The second-order valence-corrected chi connectivity index (χ2v) is 4.00. The van der Waals surface area contributed by atoms with Crippen LogP contribution in [-0.4, -0.2) is 15.0 Å². The van der Waals surface area contributed by atoms with E-state index in [0.717, 1.165) is 16.6 Å². The fraction of sp³-hybridized carbons (Fsp3) is 0.0769. The zero-order valence-corrected chi connectivity index (χ0v) is 9.52. The Labute approximate surface area is 103 Å². The number of hydrogen-bond acceptors (Lipinski definition) is 3. The molecule has 3 rings (SSSR count). The van der Waals surface area contributed by atoms with Crippen LogP contribution in [0, 0.1) is 5.82 Å². The average Bonchev–Trinajstić information content (AvgIpc) is 2.81. The van der Waals surface area contributed by atoms with Crippen LogP contribution in [0.1, 0.15) is 5.56 Å². The first-order valence-electron chi connectivity index (χ1n) is 5.56. The number of benzene rings is 1. The monoisotopic (exact) mass is 242 g/mol. The van der Waals surface area contributed by atoms with Gasteiger partial charge in [-0.2, -0.15) is 0 Å². The SMILES string of the molecule is NCc1ccc2nc(-c3ccncc3F)[nH]c2c1. The normalized spacial score (nSPS) is 11.0. The summed E-state index contributed by atoms with van der Waals surface area (Å²) in [4.78, 5) is 11.2. The molecule has 0 fully saturated rings. The first-order valence-corrected chi connectivity index (χ1v) is 5.56. The first-order chi connectivity index (χ1) is 8.78. The molecule has 0 aliphatic carbocycles. The molecule has 0 amide bonds. The van der Waals surface area contributed by atoms with Crippen molar-refractivity contribution in [2.45, 2.75) is 6.54 Å². The van der Waals surface area contributed by atoms with Gasteiger partial charge in [-0.05, 0) is 23.8 Å². The molecule has 2 heterocycles. The Kier molecular flexibility index (Phi) is 2.53. The summed E-state index contributed by atoms with van der Waals surface area (Å²) in [6.07, 6.45) is 2.71. The molecule has 0 unspecified atom stereocenters. The van der Waals surface area contributed by atoms with Crippen molar-refractivity contribution >= 4 is 11.0 Å². The molecule has 0 bridgehead atoms. The quantitative estimate of drug-likeness (QED) is 0.724. The van der Waals surface area contributed by atoms with Crippen LogP contribution in [-0.2, 0) is 6.54 Å². The lowest BCUT2D eigenvalue weighted by Gasteiger charge is -1.96. The molecule has 0 radical (unpaired) electrons. The maximum Gasteiger partial charge on any atom is 0.152 e. The molecule has 90 valence electrons. The van der Waals surface area contributed by atoms with Crippen molar-refractivity contribution in [1.29, 1.82) is 0 Å². The van der Waals surface area contributed by atoms with Gasteiger partial charge in [-0.15, -0.1) is 0 Å². The summed E-state index contributed by atoms with van der Waals surface area (Å²) in [6, 6.07) is 7.30. The van der Waals surface area contributed by atoms with E-state index in [0.29, 0.717) is 17.9 Å². The number of hydrogen-bond donors (Lipinski definition) is 2. The Morgan fingerprint density at radius 2 is 2.17 bits per heavy atom. The van der Waals surface area contributed by atoms with Gasteiger partial charge in [-0.3, -0.25) is 4.98 Å². The minimum Gasteiger partial charge on any atom is -0.338 e. The fourth-order valence-corrected chi connectivity index (χ4v) is 1.88. The van der Waals surface area contributed by atoms with Crippen molar-refractivity contribution in [3.05, 3.63) is 48.0 Å². The standard InChI is InChI=1S/C13H11FN4/c14-10-7-16-4-3-9(10)13-17-11-2-1-8(6-15)5-12(11)18-13/h1-5,7H,6,15H2,(H,17,18). The van der Waals surface area contributed by atoms with E-state index < -0.39 is 5.82 Å². The van der Waals surface area contributed by atoms with Gasteiger partial charge < -0.3 is 10.7 Å². The first kappa shape index (κ1) is 10.9. The van der Waals surface area contributed by atoms with E-state index in [2.05, 4.69) is 15.0 Å². The number of pyridine rings is 1. The molecule has 3 N–H and O–H groups in total. The van der Waals surface area contributed by atoms with Gasteiger partial charge in [0.05, 0.1) is 22.8 Å². The summed E-state index contributed by atoms with van der Waals surface area (Å²) in [5.74, 6) is 0.106. The third-order valence-electron chi connectivity index (χ3n) is 2.81. The van der Waals surface area contributed by atoms with Gasteiger partial charge in [-0.1, -0.05) is 6.07 Å². The lowest BCUT2D eigenvalue weighted by molar-refractivity contribution is 0.624. The third-order valence-corrected chi connectivity index (χ3v) is 2.81. The maximum absolute atomic E-state index is 13.6. The van der Waals surface area contributed by atoms with E-state index in [9.17, 15) is 4.39 Å². The molecule has 5 heteroatoms. The number of H-pyrrole nitrogens is 1. The number of aromatic nitrogens is 3. The molecule has 0 aliphatic heterocycles. The van der Waals surface area contributed by atoms with Crippen LogP contribution in [0.15, 0.2) is 36.7 Å². The van der Waals surface area contributed by atoms with Crippen molar-refractivity contribution in [3.63, 3.8) is 0 Å². The van der Waals surface area contributed by atoms with Crippen molar-refractivity contribution < 1.29 is 4.39 Å². The molecule has 0 saturated carbocycles. The molecule has 0 spiro atoms. The molecule has 18 heavy (non-hydrogen) atoms. The lowest BCUT2D eigenvalue weighted by atomic mass is 10.2. The summed E-state index contributed by atoms with van der Waals surface area (Å²) in [5.41, 5.74) is 8.64. The number of nitrogens with one attached hydrogen (secondary N) is 1. The Bertz CT molecular complexity index is 705. The highest BCUT2D eigenvalue weighted by Crippen LogP contribution is 2.22. The molecule has 0 aliphatic rings. The predicted molar refractivity (Wildman–Crippen MR) is 67.2 cm³/mol. The van der Waals surface area contributed by atoms with Gasteiger partial charge in [0, 0.05) is 12.7 Å². The highest BCUT2D eigenvalue weighted by atomic mass is 19.1. The molecule has 0 atom stereocenters. The van der Waals surface area contributed by atoms with Gasteiger partial charge in [0.25, 0.3) is 0 Å². The van der Waals surface area contributed by atoms with E-state index >= 15 is 0 Å². The van der Waals surface area contributed by atoms with Gasteiger partial charge in [0.2, 0.25) is 0 Å². The third kappa shape index (κ3) is 1.74. The van der Waals surface area contributed by atoms with Crippen LogP contribution in [0.5, 0.6) is 0 Å². The summed E-state index contributed by atoms with van der Waals surface area (Å²) in [6.45, 7) is 0.466. The number of rotatable bonds is 2. The highest BCUT2D eigenvalue weighted by Gasteiger charge is 2.09. The molecule has 3 aromatic rings. The zero-order chi connectivity index (χ0) is 12.5. The fourth-order valence-electron chi connectivity index (χ4n) is 1.88. The second-order valence-electron chi connectivity index (χ2n) is 4.00. The number of fused-ring (bicyclic) bond motifs is 1. The van der Waals surface area contributed by atoms with Crippen LogP contribution in [0.4, 0.5) is 4.39 Å². The predicted octanol–water partition coefficient (Wildman–Crippen LogP) is 2.22. The minimum absolute atomic E-state index is 0.393. The van der Waals surface area contributed by atoms with E-state index in [-0.39, 0.29) is 0 Å². The van der Waals surface area contributed by atoms with Crippen molar-refractivity contribution in [2.75, 3.05) is 0 Å². The lowest BCUT2D eigenvalue weighted by Crippen LogP contribution is -1.95. The van der Waals surface area contributed by atoms with Gasteiger partial charge in [-0.25, -0.2) is 9.37 Å². The molecule has 0 saturated heterocycles. The minimum atomic E-state index is -0.393. The van der Waals surface area contributed by atoms with E-state index in [1.165, 1.54) is 12.4 Å². The number of imidazole rings is 1. The van der Waals surface area contributed by atoms with Gasteiger partial charge in [0.1, 0.15) is 5.82 Å². The molecular weight excluding hydrogens is 231 g/mol. The molecular formula is C13H11FN4. The maximum atomic E-state index is 13.6. The Balaban J connectivity index is 2.17. The van der Waals surface area contributed by atoms with E-state index in [1.807, 2.05) is 18.2 Å². The van der Waals surface area contributed by atoms with Crippen LogP contribution < -0.4 is 5.73 Å². The molecule has 4 nitrogen and oxygen atoms in total. The van der Waals surface area contributed by atoms with E-state index in [1.54, 1.807) is 6.07 Å². The van der Waals surface area contributed by atoms with E-state index in [4.69, 9.17) is 5.73 Å². The van der Waals surface area contributed by atoms with Gasteiger partial charge >= 0.3 is 0 Å². The van der Waals surface area contributed by atoms with Crippen LogP contribution in [0.3, 0.4) is 0 Å². The number of nitrogens with zero attached hydrogens (tertiary/aromatic N) is 2. The smallest absolute Gasteiger partial charge is 0.152 e. The van der Waals surface area contributed by atoms with Crippen LogP contribution in [0.2, 0.25) is 0 Å². The van der Waals surface area contributed by atoms with Crippen molar-refractivity contribution in [3.8, 4) is 11.4 Å². The van der Waals surface area contributed by atoms with Crippen molar-refractivity contribution in [1.82, 2.24) is 15.0 Å². The summed E-state index contributed by atoms with van der Waals surface area (Å²) in [5, 5.41) is 0. The molecule has 2 aromatic heterocycles. The van der Waals surface area contributed by atoms with Crippen molar-refractivity contribution in [2.24, 2.45) is 5.73 Å². The largest absolute Gasteiger partial charge is 0.338 e. The zero-order valence-electron chi connectivity index (χ0n) is 9.52. The second kappa shape index (κ2) is 4.19. The topological polar surface area (TPSA) is 67.6 Å². The Hall–Kier alpha value is -2.27. The van der Waals surface area contributed by atoms with Crippen LogP contribution in [0.25, 0.3) is 22.4 Å². The summed E-state index contributed by atoms with van der Waals surface area (Å²) >= 11 is 0. The summed E-state index contributed by atoms with van der Waals surface area (Å²) < 4.78 is 13.6. The average molecular weight is 242 g/mol. The number of halogens is 1. The Morgan fingerprint density at radius 1 is 1.28 bits per heavy atom.